The van der Waals surface area contributed by atoms with E-state index in [1.807, 2.05) is 6.07 Å². The summed E-state index contributed by atoms with van der Waals surface area (Å²) in [6, 6.07) is 5.12. The highest BCUT2D eigenvalue weighted by Gasteiger charge is 2.05. The Hall–Kier alpha value is -1.49. The molecule has 2 aromatic heterocycles. The molecule has 0 aliphatic rings. The number of hydrogen-bond acceptors (Lipinski definition) is 2. The van der Waals surface area contributed by atoms with Gasteiger partial charge in [0.25, 0.3) is 0 Å². The molecule has 0 saturated carbocycles. The summed E-state index contributed by atoms with van der Waals surface area (Å²) in [7, 11) is 0. The lowest BCUT2D eigenvalue weighted by atomic mass is 10.1. The highest BCUT2D eigenvalue weighted by molar-refractivity contribution is 5.76. The fourth-order valence-corrected chi connectivity index (χ4v) is 1.31. The van der Waals surface area contributed by atoms with Crippen molar-refractivity contribution >= 4 is 11.0 Å². The zero-order valence-corrected chi connectivity index (χ0v) is 9.17. The van der Waals surface area contributed by atoms with Crippen molar-refractivity contribution in [3.63, 3.8) is 0 Å². The van der Waals surface area contributed by atoms with Crippen LogP contribution in [0.15, 0.2) is 18.2 Å². The van der Waals surface area contributed by atoms with Crippen LogP contribution >= 0.6 is 0 Å². The second-order valence-corrected chi connectivity index (χ2v) is 3.57. The zero-order chi connectivity index (χ0) is 12.1. The Morgan fingerprint density at radius 3 is 2.62 bits per heavy atom. The molecule has 0 amide bonds. The predicted octanol–water partition coefficient (Wildman–Crippen LogP) is 2.73. The van der Waals surface area contributed by atoms with Gasteiger partial charge in [-0.15, -0.1) is 0 Å². The summed E-state index contributed by atoms with van der Waals surface area (Å²) in [6.45, 7) is 2.92. The smallest absolute Gasteiger partial charge is 0.214 e. The summed E-state index contributed by atoms with van der Waals surface area (Å²) >= 11 is 0. The lowest BCUT2D eigenvalue weighted by Crippen LogP contribution is -1.86. The Bertz CT molecular complexity index is 454. The number of rotatable bonds is 1. The number of nitrogens with one attached hydrogen (secondary N) is 1. The van der Waals surface area contributed by atoms with Crippen molar-refractivity contribution in [1.29, 1.82) is 0 Å². The van der Waals surface area contributed by atoms with Crippen molar-refractivity contribution in [2.45, 2.75) is 19.8 Å². The molecule has 16 heavy (non-hydrogen) atoms. The van der Waals surface area contributed by atoms with Gasteiger partial charge in [0, 0.05) is 11.1 Å². The minimum Gasteiger partial charge on any atom is -0.366 e. The molecule has 0 saturated heterocycles. The molecule has 3 nitrogen and oxygen atoms in total. The third-order valence-corrected chi connectivity index (χ3v) is 2.09. The van der Waals surface area contributed by atoms with Gasteiger partial charge in [0.05, 0.1) is 0 Å². The minimum absolute atomic E-state index is 0.414. The topological polar surface area (TPSA) is 48.9 Å². The molecule has 0 fully saturated rings. The van der Waals surface area contributed by atoms with Gasteiger partial charge in [-0.2, -0.15) is 4.39 Å². The lowest BCUT2D eigenvalue weighted by molar-refractivity contribution is 0.168. The largest absolute Gasteiger partial charge is 0.366 e. The molecular weight excluding hydrogens is 214 g/mol. The highest BCUT2D eigenvalue weighted by Crippen LogP contribution is 2.19. The van der Waals surface area contributed by atoms with Gasteiger partial charge in [-0.05, 0) is 24.1 Å². The molecule has 0 aliphatic heterocycles. The van der Waals surface area contributed by atoms with E-state index in [9.17, 15) is 8.78 Å². The molecule has 2 rings (SSSR count). The number of aromatic nitrogens is 2. The number of nitrogens with zero attached hydrogens (tertiary/aromatic N) is 1. The molecule has 88 valence electrons. The molecule has 0 bridgehead atoms. The van der Waals surface area contributed by atoms with Crippen molar-refractivity contribution in [2.75, 3.05) is 6.86 Å². The number of alkyl halides is 1. The standard InChI is InChI=1S/C10H11FN2.CH3FO/c1-6(2)8-5-7-3-4-9(11)13-10(7)12-8;2-1-3/h3-6H,1-2H3,(H,12,13);3H,1H2. The second kappa shape index (κ2) is 5.55. The van der Waals surface area contributed by atoms with Crippen LogP contribution in [-0.2, 0) is 0 Å². The average molecular weight is 228 g/mol. The number of H-pyrrole nitrogens is 1. The van der Waals surface area contributed by atoms with Gasteiger partial charge in [0.1, 0.15) is 5.65 Å². The van der Waals surface area contributed by atoms with Crippen LogP contribution in [0, 0.1) is 5.95 Å². The maximum atomic E-state index is 12.7. The predicted molar refractivity (Wildman–Crippen MR) is 58.3 cm³/mol. The van der Waals surface area contributed by atoms with Gasteiger partial charge in [-0.3, -0.25) is 0 Å². The molecule has 0 radical (unpaired) electrons. The monoisotopic (exact) mass is 228 g/mol. The molecule has 0 spiro atoms. The van der Waals surface area contributed by atoms with Crippen LogP contribution in [-0.4, -0.2) is 21.9 Å². The number of aliphatic hydroxyl groups is 1. The number of pyridine rings is 1. The van der Waals surface area contributed by atoms with Gasteiger partial charge in [-0.25, -0.2) is 9.37 Å². The van der Waals surface area contributed by atoms with E-state index in [4.69, 9.17) is 5.11 Å². The van der Waals surface area contributed by atoms with E-state index in [0.29, 0.717) is 11.6 Å². The summed E-state index contributed by atoms with van der Waals surface area (Å²) in [6.07, 6.45) is 0. The van der Waals surface area contributed by atoms with Crippen LogP contribution < -0.4 is 0 Å². The number of aromatic amines is 1. The molecule has 2 aromatic rings. The fourth-order valence-electron chi connectivity index (χ4n) is 1.31. The Labute approximate surface area is 92.1 Å². The average Bonchev–Trinajstić information content (AvgIpc) is 2.61. The first-order chi connectivity index (χ1) is 7.58. The Balaban J connectivity index is 0.000000386. The molecule has 2 N–H and O–H groups in total. The highest BCUT2D eigenvalue weighted by atomic mass is 19.1. The summed E-state index contributed by atoms with van der Waals surface area (Å²) in [4.78, 5) is 6.84. The zero-order valence-electron chi connectivity index (χ0n) is 9.17. The maximum Gasteiger partial charge on any atom is 0.214 e. The van der Waals surface area contributed by atoms with Gasteiger partial charge >= 0.3 is 0 Å². The van der Waals surface area contributed by atoms with Crippen molar-refractivity contribution in [3.05, 3.63) is 29.8 Å². The van der Waals surface area contributed by atoms with Crippen molar-refractivity contribution in [2.24, 2.45) is 0 Å². The van der Waals surface area contributed by atoms with E-state index < -0.39 is 12.8 Å². The van der Waals surface area contributed by atoms with E-state index in [-0.39, 0.29) is 0 Å². The van der Waals surface area contributed by atoms with E-state index >= 15 is 0 Å². The van der Waals surface area contributed by atoms with E-state index in [1.165, 1.54) is 6.07 Å². The Morgan fingerprint density at radius 2 is 2.06 bits per heavy atom. The first-order valence-corrected chi connectivity index (χ1v) is 4.90. The third kappa shape index (κ3) is 3.00. The first kappa shape index (κ1) is 12.6. The number of aliphatic hydroxyl groups excluding tert-OH is 1. The number of fused-ring (bicyclic) bond motifs is 1. The van der Waals surface area contributed by atoms with Gasteiger partial charge in [0.15, 0.2) is 6.86 Å². The Morgan fingerprint density at radius 1 is 1.44 bits per heavy atom. The van der Waals surface area contributed by atoms with Crippen LogP contribution in [0.3, 0.4) is 0 Å². The van der Waals surface area contributed by atoms with E-state index in [2.05, 4.69) is 23.8 Å². The van der Waals surface area contributed by atoms with Crippen molar-refractivity contribution in [1.82, 2.24) is 9.97 Å². The quantitative estimate of drug-likeness (QED) is 0.737. The van der Waals surface area contributed by atoms with Crippen molar-refractivity contribution in [3.8, 4) is 0 Å². The molecule has 0 aliphatic carbocycles. The summed E-state index contributed by atoms with van der Waals surface area (Å²) < 4.78 is 22.6. The molecule has 2 heterocycles. The van der Waals surface area contributed by atoms with Crippen molar-refractivity contribution < 1.29 is 13.9 Å². The molecular formula is C11H14F2N2O. The van der Waals surface area contributed by atoms with Crippen LogP contribution in [0.1, 0.15) is 25.5 Å². The summed E-state index contributed by atoms with van der Waals surface area (Å²) in [5.41, 5.74) is 1.72. The van der Waals surface area contributed by atoms with E-state index in [0.717, 1.165) is 11.1 Å². The van der Waals surface area contributed by atoms with Crippen LogP contribution in [0.25, 0.3) is 11.0 Å². The normalized spacial score (nSPS) is 10.4. The SMILES string of the molecule is CC(C)c1cc2ccc(F)nc2[nH]1.OCF. The molecule has 0 aromatic carbocycles. The van der Waals surface area contributed by atoms with Crippen LogP contribution in [0.5, 0.6) is 0 Å². The molecule has 0 atom stereocenters. The summed E-state index contributed by atoms with van der Waals surface area (Å²) in [5, 5.41) is 7.87. The van der Waals surface area contributed by atoms with Gasteiger partial charge in [-0.1, -0.05) is 13.8 Å². The third-order valence-electron chi connectivity index (χ3n) is 2.09. The maximum absolute atomic E-state index is 12.7. The van der Waals surface area contributed by atoms with Crippen LogP contribution in [0.4, 0.5) is 8.78 Å². The van der Waals surface area contributed by atoms with Crippen LogP contribution in [0.2, 0.25) is 0 Å². The van der Waals surface area contributed by atoms with Gasteiger partial charge < -0.3 is 10.1 Å². The minimum atomic E-state index is -1.25. The number of hydrogen-bond donors (Lipinski definition) is 2. The number of halogens is 2. The lowest BCUT2D eigenvalue weighted by Gasteiger charge is -1.97. The first-order valence-electron chi connectivity index (χ1n) is 4.90. The van der Waals surface area contributed by atoms with Gasteiger partial charge in [0.2, 0.25) is 5.95 Å². The fraction of sp³-hybridized carbons (Fsp3) is 0.364. The molecule has 5 heteroatoms. The Kier molecular flexibility index (Phi) is 4.37. The molecule has 0 unspecified atom stereocenters. The second-order valence-electron chi connectivity index (χ2n) is 3.57. The van der Waals surface area contributed by atoms with E-state index in [1.54, 1.807) is 6.07 Å². The summed E-state index contributed by atoms with van der Waals surface area (Å²) in [5.74, 6) is -0.0260.